The van der Waals surface area contributed by atoms with Crippen LogP contribution in [0.3, 0.4) is 0 Å². The first-order valence-electron chi connectivity index (χ1n) is 19.4. The number of aromatic nitrogens is 2. The van der Waals surface area contributed by atoms with Crippen molar-refractivity contribution in [2.75, 3.05) is 6.61 Å². The third-order valence-electron chi connectivity index (χ3n) is 11.1. The Hall–Kier alpha value is -5.31. The summed E-state index contributed by atoms with van der Waals surface area (Å²) in [5, 5.41) is 0.655. The number of hydrogen-bond acceptors (Lipinski definition) is 4. The van der Waals surface area contributed by atoms with Crippen molar-refractivity contribution in [3.63, 3.8) is 0 Å². The fourth-order valence-electron chi connectivity index (χ4n) is 8.37. The third-order valence-corrected chi connectivity index (χ3v) is 12.1. The summed E-state index contributed by atoms with van der Waals surface area (Å²) in [6, 6.07) is 62.7. The molecule has 9 heteroatoms. The molecule has 9 rings (SSSR count). The fourth-order valence-corrected chi connectivity index (χ4v) is 8.96. The zero-order chi connectivity index (χ0) is 40.4. The van der Waals surface area contributed by atoms with Gasteiger partial charge < -0.3 is 14.2 Å². The van der Waals surface area contributed by atoms with Crippen LogP contribution in [0.4, 0.5) is 4.39 Å². The summed E-state index contributed by atoms with van der Waals surface area (Å²) in [5.74, 6) is 0. The van der Waals surface area contributed by atoms with Crippen LogP contribution in [-0.2, 0) is 25.4 Å². The van der Waals surface area contributed by atoms with E-state index in [4.69, 9.17) is 49.0 Å². The molecule has 59 heavy (non-hydrogen) atoms. The van der Waals surface area contributed by atoms with E-state index in [-0.39, 0.29) is 16.9 Å². The number of benzene rings is 7. The van der Waals surface area contributed by atoms with Crippen molar-refractivity contribution in [1.29, 1.82) is 0 Å². The molecule has 0 unspecified atom stereocenters. The SMILES string of the molecule is F[C@@H]1[C@@H](OC(c2ccccc2)(c2ccccc2)c2ccccc2)[C@H](n2c(Cl)nc3cc(Cl)c(Cl)cc32)O[C@@H]1COC(c1ccccc1)(c1ccccc1)c1ccccc1. The van der Waals surface area contributed by atoms with Gasteiger partial charge in [0.2, 0.25) is 5.28 Å². The molecule has 0 bridgehead atoms. The van der Waals surface area contributed by atoms with E-state index in [1.54, 1.807) is 16.7 Å². The summed E-state index contributed by atoms with van der Waals surface area (Å²) in [4.78, 5) is 4.62. The van der Waals surface area contributed by atoms with Gasteiger partial charge in [0.25, 0.3) is 0 Å². The van der Waals surface area contributed by atoms with Crippen LogP contribution in [0, 0.1) is 0 Å². The number of alkyl halides is 1. The first-order valence-corrected chi connectivity index (χ1v) is 20.5. The Kier molecular flexibility index (Phi) is 11.1. The van der Waals surface area contributed by atoms with Crippen LogP contribution in [0.15, 0.2) is 194 Å². The molecule has 294 valence electrons. The van der Waals surface area contributed by atoms with Crippen LogP contribution >= 0.6 is 34.8 Å². The molecule has 0 amide bonds. The van der Waals surface area contributed by atoms with Gasteiger partial charge in [0.1, 0.15) is 23.4 Å². The van der Waals surface area contributed by atoms with Gasteiger partial charge in [-0.2, -0.15) is 0 Å². The normalized spacial score (nSPS) is 18.3. The summed E-state index contributed by atoms with van der Waals surface area (Å²) < 4.78 is 41.3. The Morgan fingerprint density at radius 2 is 0.915 bits per heavy atom. The maximum atomic E-state index is 18.2. The number of imidazole rings is 1. The lowest BCUT2D eigenvalue weighted by atomic mass is 9.79. The maximum Gasteiger partial charge on any atom is 0.206 e. The van der Waals surface area contributed by atoms with Crippen LogP contribution < -0.4 is 0 Å². The quantitative estimate of drug-likeness (QED) is 0.115. The van der Waals surface area contributed by atoms with E-state index in [0.717, 1.165) is 33.4 Å². The van der Waals surface area contributed by atoms with Crippen molar-refractivity contribution >= 4 is 45.8 Å². The fraction of sp³-hybridized carbons (Fsp3) is 0.140. The number of nitrogens with zero attached hydrogens (tertiary/aromatic N) is 2. The van der Waals surface area contributed by atoms with Crippen LogP contribution in [0.25, 0.3) is 11.0 Å². The van der Waals surface area contributed by atoms with Gasteiger partial charge in [-0.1, -0.05) is 205 Å². The molecule has 1 fully saturated rings. The van der Waals surface area contributed by atoms with E-state index >= 15 is 4.39 Å². The Morgan fingerprint density at radius 1 is 0.542 bits per heavy atom. The molecule has 0 spiro atoms. The minimum atomic E-state index is -1.74. The smallest absolute Gasteiger partial charge is 0.206 e. The molecule has 0 aliphatic carbocycles. The average Bonchev–Trinajstić information content (AvgIpc) is 3.77. The van der Waals surface area contributed by atoms with Gasteiger partial charge in [0.05, 0.1) is 27.7 Å². The lowest BCUT2D eigenvalue weighted by molar-refractivity contribution is -0.119. The van der Waals surface area contributed by atoms with Gasteiger partial charge in [0, 0.05) is 0 Å². The van der Waals surface area contributed by atoms with Crippen molar-refractivity contribution in [2.45, 2.75) is 35.8 Å². The number of halogens is 4. The maximum absolute atomic E-state index is 18.2. The standard InChI is InChI=1S/C50H38Cl3FN2O3/c51-40-31-42-43(32-41(40)52)56(48(53)55-42)47-46(59-50(37-25-13-4-14-26-37,38-27-15-5-16-28-38)39-29-17-6-18-30-39)45(54)44(58-47)33-57-49(34-19-7-1-8-20-34,35-21-9-2-10-22-35)36-23-11-3-12-24-36/h1-32,44-47H,33H2/t44-,45+,46-,47-/m1/s1. The summed E-state index contributed by atoms with van der Waals surface area (Å²) in [7, 11) is 0. The highest BCUT2D eigenvalue weighted by Crippen LogP contribution is 2.49. The first kappa shape index (κ1) is 39.2. The van der Waals surface area contributed by atoms with Crippen molar-refractivity contribution in [1.82, 2.24) is 9.55 Å². The summed E-state index contributed by atoms with van der Waals surface area (Å²) >= 11 is 20.1. The van der Waals surface area contributed by atoms with Crippen molar-refractivity contribution < 1.29 is 18.6 Å². The molecule has 1 aliphatic rings. The zero-order valence-corrected chi connectivity index (χ0v) is 33.9. The second-order valence-corrected chi connectivity index (χ2v) is 15.6. The predicted molar refractivity (Wildman–Crippen MR) is 233 cm³/mol. The highest BCUT2D eigenvalue weighted by molar-refractivity contribution is 6.42. The number of rotatable bonds is 12. The summed E-state index contributed by atoms with van der Waals surface area (Å²) in [6.07, 6.45) is -5.29. The largest absolute Gasteiger partial charge is 0.358 e. The predicted octanol–water partition coefficient (Wildman–Crippen LogP) is 12.6. The molecule has 5 nitrogen and oxygen atoms in total. The minimum absolute atomic E-state index is 0.0580. The summed E-state index contributed by atoms with van der Waals surface area (Å²) in [6.45, 7) is -0.165. The highest BCUT2D eigenvalue weighted by Gasteiger charge is 2.54. The minimum Gasteiger partial charge on any atom is -0.358 e. The zero-order valence-electron chi connectivity index (χ0n) is 31.6. The van der Waals surface area contributed by atoms with Crippen molar-refractivity contribution in [2.24, 2.45) is 0 Å². The second kappa shape index (κ2) is 16.7. The summed E-state index contributed by atoms with van der Waals surface area (Å²) in [5.41, 5.74) is 3.58. The van der Waals surface area contributed by atoms with Crippen LogP contribution in [0.5, 0.6) is 0 Å². The molecule has 4 atom stereocenters. The van der Waals surface area contributed by atoms with E-state index in [1.165, 1.54) is 0 Å². The third kappa shape index (κ3) is 7.14. The lowest BCUT2D eigenvalue weighted by Gasteiger charge is -2.39. The number of ether oxygens (including phenoxy) is 3. The molecule has 0 radical (unpaired) electrons. The van der Waals surface area contributed by atoms with Gasteiger partial charge in [-0.3, -0.25) is 4.57 Å². The van der Waals surface area contributed by atoms with Crippen LogP contribution in [0.2, 0.25) is 15.3 Å². The van der Waals surface area contributed by atoms with E-state index < -0.39 is 35.8 Å². The topological polar surface area (TPSA) is 45.5 Å². The molecule has 1 aromatic heterocycles. The van der Waals surface area contributed by atoms with E-state index in [9.17, 15) is 0 Å². The van der Waals surface area contributed by atoms with Crippen LogP contribution in [-0.4, -0.2) is 34.5 Å². The van der Waals surface area contributed by atoms with Crippen LogP contribution in [0.1, 0.15) is 39.6 Å². The first-order chi connectivity index (χ1) is 28.9. The van der Waals surface area contributed by atoms with Crippen molar-refractivity contribution in [3.05, 3.63) is 243 Å². The van der Waals surface area contributed by atoms with Gasteiger partial charge >= 0.3 is 0 Å². The number of hydrogen-bond donors (Lipinski definition) is 0. The van der Waals surface area contributed by atoms with Crippen molar-refractivity contribution in [3.8, 4) is 0 Å². The van der Waals surface area contributed by atoms with E-state index in [1.807, 2.05) is 182 Å². The Bertz CT molecular complexity index is 2440. The molecule has 8 aromatic rings. The Labute approximate surface area is 357 Å². The molecular weight excluding hydrogens is 802 g/mol. The highest BCUT2D eigenvalue weighted by atomic mass is 35.5. The molecule has 1 saturated heterocycles. The monoisotopic (exact) mass is 838 g/mol. The molecule has 1 aliphatic heterocycles. The molecule has 7 aromatic carbocycles. The number of fused-ring (bicyclic) bond motifs is 1. The average molecular weight is 840 g/mol. The molecule has 0 saturated carbocycles. The van der Waals surface area contributed by atoms with Gasteiger partial charge in [0.15, 0.2) is 12.4 Å². The molecule has 0 N–H and O–H groups in total. The second-order valence-electron chi connectivity index (χ2n) is 14.5. The van der Waals surface area contributed by atoms with E-state index in [2.05, 4.69) is 4.98 Å². The van der Waals surface area contributed by atoms with E-state index in [0.29, 0.717) is 16.1 Å². The van der Waals surface area contributed by atoms with Gasteiger partial charge in [-0.05, 0) is 57.1 Å². The lowest BCUT2D eigenvalue weighted by Crippen LogP contribution is -2.43. The molecular formula is C50H38Cl3FN2O3. The van der Waals surface area contributed by atoms with Gasteiger partial charge in [-0.25, -0.2) is 9.37 Å². The van der Waals surface area contributed by atoms with Gasteiger partial charge in [-0.15, -0.1) is 0 Å². The molecule has 2 heterocycles. The Balaban J connectivity index is 1.21. The Morgan fingerprint density at radius 3 is 1.32 bits per heavy atom.